The minimum absolute atomic E-state index is 0.0242. The Morgan fingerprint density at radius 2 is 1.55 bits per heavy atom. The molecule has 0 radical (unpaired) electrons. The van der Waals surface area contributed by atoms with Crippen molar-refractivity contribution in [3.05, 3.63) is 29.3 Å². The van der Waals surface area contributed by atoms with Gasteiger partial charge in [0.15, 0.2) is 11.6 Å². The molecule has 0 atom stereocenters. The Kier molecular flexibility index (Phi) is 4.58. The van der Waals surface area contributed by atoms with Crippen LogP contribution in [0.2, 0.25) is 0 Å². The second-order valence-corrected chi connectivity index (χ2v) is 6.22. The fourth-order valence-corrected chi connectivity index (χ4v) is 3.67. The van der Waals surface area contributed by atoms with Crippen LogP contribution in [-0.4, -0.2) is 37.1 Å². The third-order valence-electron chi connectivity index (χ3n) is 4.83. The van der Waals surface area contributed by atoms with Crippen molar-refractivity contribution in [1.29, 1.82) is 5.26 Å². The molecule has 0 saturated carbocycles. The predicted octanol–water partition coefficient (Wildman–Crippen LogP) is 3.29. The number of piperidine rings is 2. The first-order valence-corrected chi connectivity index (χ1v) is 8.07. The molecular weight excluding hydrogens is 284 g/mol. The summed E-state index contributed by atoms with van der Waals surface area (Å²) in [6, 6.07) is 4.57. The van der Waals surface area contributed by atoms with Crippen molar-refractivity contribution in [2.45, 2.75) is 38.1 Å². The van der Waals surface area contributed by atoms with Crippen LogP contribution in [0, 0.1) is 23.0 Å². The summed E-state index contributed by atoms with van der Waals surface area (Å²) in [4.78, 5) is 4.32. The lowest BCUT2D eigenvalue weighted by atomic mass is 9.99. The number of hydrogen-bond donors (Lipinski definition) is 0. The van der Waals surface area contributed by atoms with Crippen molar-refractivity contribution in [3.63, 3.8) is 0 Å². The van der Waals surface area contributed by atoms with Crippen LogP contribution in [0.25, 0.3) is 0 Å². The molecule has 118 valence electrons. The van der Waals surface area contributed by atoms with Crippen LogP contribution in [-0.2, 0) is 0 Å². The van der Waals surface area contributed by atoms with E-state index in [0.717, 1.165) is 38.1 Å². The fraction of sp³-hybridized carbons (Fsp3) is 0.588. The summed E-state index contributed by atoms with van der Waals surface area (Å²) in [5.41, 5.74) is 0.0537. The molecule has 2 aliphatic heterocycles. The maximum absolute atomic E-state index is 14.1. The zero-order chi connectivity index (χ0) is 15.5. The molecule has 2 heterocycles. The van der Waals surface area contributed by atoms with Gasteiger partial charge in [-0.1, -0.05) is 6.42 Å². The molecular formula is C17H21F2N3. The number of benzene rings is 1. The number of nitrogens with zero attached hydrogens (tertiary/aromatic N) is 3. The summed E-state index contributed by atoms with van der Waals surface area (Å²) in [6.07, 6.45) is 5.73. The number of halogens is 2. The maximum atomic E-state index is 14.1. The second-order valence-electron chi connectivity index (χ2n) is 6.22. The highest BCUT2D eigenvalue weighted by molar-refractivity contribution is 5.53. The van der Waals surface area contributed by atoms with E-state index in [4.69, 9.17) is 5.26 Å². The summed E-state index contributed by atoms with van der Waals surface area (Å²) in [6.45, 7) is 3.65. The third-order valence-corrected chi connectivity index (χ3v) is 4.83. The number of nitriles is 1. The van der Waals surface area contributed by atoms with Gasteiger partial charge in [-0.05, 0) is 50.9 Å². The van der Waals surface area contributed by atoms with E-state index in [2.05, 4.69) is 4.90 Å². The molecule has 0 aromatic heterocycles. The first-order valence-electron chi connectivity index (χ1n) is 8.07. The fourth-order valence-electron chi connectivity index (χ4n) is 3.67. The van der Waals surface area contributed by atoms with Gasteiger partial charge < -0.3 is 9.80 Å². The highest BCUT2D eigenvalue weighted by atomic mass is 19.1. The first-order chi connectivity index (χ1) is 10.7. The molecule has 3 rings (SSSR count). The molecule has 0 unspecified atom stereocenters. The van der Waals surface area contributed by atoms with E-state index in [0.29, 0.717) is 19.1 Å². The van der Waals surface area contributed by atoms with Gasteiger partial charge in [0.25, 0.3) is 0 Å². The molecule has 0 amide bonds. The van der Waals surface area contributed by atoms with Crippen LogP contribution in [0.1, 0.15) is 37.7 Å². The van der Waals surface area contributed by atoms with Gasteiger partial charge in [0.2, 0.25) is 0 Å². The molecule has 0 N–H and O–H groups in total. The predicted molar refractivity (Wildman–Crippen MR) is 81.7 cm³/mol. The molecule has 22 heavy (non-hydrogen) atoms. The van der Waals surface area contributed by atoms with Gasteiger partial charge in [-0.25, -0.2) is 8.78 Å². The van der Waals surface area contributed by atoms with Gasteiger partial charge in [-0.3, -0.25) is 0 Å². The molecule has 1 aromatic rings. The smallest absolute Gasteiger partial charge is 0.150 e. The van der Waals surface area contributed by atoms with Crippen molar-refractivity contribution < 1.29 is 8.78 Å². The lowest BCUT2D eigenvalue weighted by molar-refractivity contribution is 0.141. The molecule has 2 saturated heterocycles. The molecule has 2 aliphatic rings. The Hall–Kier alpha value is -1.67. The van der Waals surface area contributed by atoms with Gasteiger partial charge >= 0.3 is 0 Å². The zero-order valence-electron chi connectivity index (χ0n) is 12.7. The molecule has 1 aromatic carbocycles. The number of hydrogen-bond acceptors (Lipinski definition) is 3. The number of anilines is 1. The van der Waals surface area contributed by atoms with Crippen LogP contribution < -0.4 is 4.90 Å². The quantitative estimate of drug-likeness (QED) is 0.840. The highest BCUT2D eigenvalue weighted by Crippen LogP contribution is 2.29. The standard InChI is InChI=1S/C17H21F2N3/c18-15-10-13(12-20)11-16(19)17(15)22-8-4-14(5-9-22)21-6-2-1-3-7-21/h10-11,14H,1-9H2. The van der Waals surface area contributed by atoms with Crippen molar-refractivity contribution in [2.24, 2.45) is 0 Å². The Morgan fingerprint density at radius 3 is 2.09 bits per heavy atom. The third kappa shape index (κ3) is 3.07. The van der Waals surface area contributed by atoms with Crippen LogP contribution >= 0.6 is 0 Å². The summed E-state index contributed by atoms with van der Waals surface area (Å²) in [5.74, 6) is -1.26. The van der Waals surface area contributed by atoms with Crippen molar-refractivity contribution in [3.8, 4) is 6.07 Å². The molecule has 0 bridgehead atoms. The largest absolute Gasteiger partial charge is 0.367 e. The van der Waals surface area contributed by atoms with E-state index in [1.54, 1.807) is 11.0 Å². The molecule has 0 spiro atoms. The van der Waals surface area contributed by atoms with Crippen molar-refractivity contribution in [1.82, 2.24) is 4.90 Å². The van der Waals surface area contributed by atoms with Gasteiger partial charge in [-0.2, -0.15) is 5.26 Å². The topological polar surface area (TPSA) is 30.3 Å². The van der Waals surface area contributed by atoms with E-state index in [-0.39, 0.29) is 11.3 Å². The van der Waals surface area contributed by atoms with Crippen molar-refractivity contribution in [2.75, 3.05) is 31.1 Å². The maximum Gasteiger partial charge on any atom is 0.150 e. The lowest BCUT2D eigenvalue weighted by Gasteiger charge is -2.41. The van der Waals surface area contributed by atoms with Gasteiger partial charge in [0.05, 0.1) is 11.6 Å². The normalized spacial score (nSPS) is 20.9. The average Bonchev–Trinajstić information content (AvgIpc) is 2.55. The summed E-state index contributed by atoms with van der Waals surface area (Å²) in [7, 11) is 0. The SMILES string of the molecule is N#Cc1cc(F)c(N2CCC(N3CCCCC3)CC2)c(F)c1. The highest BCUT2D eigenvalue weighted by Gasteiger charge is 2.28. The average molecular weight is 305 g/mol. The van der Waals surface area contributed by atoms with Gasteiger partial charge in [0, 0.05) is 19.1 Å². The van der Waals surface area contributed by atoms with Crippen molar-refractivity contribution >= 4 is 5.69 Å². The van der Waals surface area contributed by atoms with E-state index in [1.165, 1.54) is 19.3 Å². The Morgan fingerprint density at radius 1 is 0.955 bits per heavy atom. The minimum atomic E-state index is -0.632. The zero-order valence-corrected chi connectivity index (χ0v) is 12.7. The molecule has 3 nitrogen and oxygen atoms in total. The molecule has 0 aliphatic carbocycles. The monoisotopic (exact) mass is 305 g/mol. The van der Waals surface area contributed by atoms with Crippen LogP contribution in [0.4, 0.5) is 14.5 Å². The first kappa shape index (κ1) is 15.2. The second kappa shape index (κ2) is 6.62. The van der Waals surface area contributed by atoms with Crippen LogP contribution in [0.15, 0.2) is 12.1 Å². The minimum Gasteiger partial charge on any atom is -0.367 e. The van der Waals surface area contributed by atoms with Gasteiger partial charge in [-0.15, -0.1) is 0 Å². The van der Waals surface area contributed by atoms with E-state index >= 15 is 0 Å². The summed E-state index contributed by atoms with van der Waals surface area (Å²) in [5, 5.41) is 8.76. The summed E-state index contributed by atoms with van der Waals surface area (Å²) >= 11 is 0. The Balaban J connectivity index is 1.67. The van der Waals surface area contributed by atoms with Crippen LogP contribution in [0.5, 0.6) is 0 Å². The van der Waals surface area contributed by atoms with Gasteiger partial charge in [0.1, 0.15) is 5.69 Å². The van der Waals surface area contributed by atoms with E-state index < -0.39 is 11.6 Å². The Bertz CT molecular complexity index is 545. The van der Waals surface area contributed by atoms with E-state index in [9.17, 15) is 8.78 Å². The summed E-state index contributed by atoms with van der Waals surface area (Å²) < 4.78 is 28.2. The van der Waals surface area contributed by atoms with E-state index in [1.807, 2.05) is 0 Å². The number of rotatable bonds is 2. The number of likely N-dealkylation sites (tertiary alicyclic amines) is 1. The lowest BCUT2D eigenvalue weighted by Crippen LogP contribution is -2.47. The van der Waals surface area contributed by atoms with Crippen LogP contribution in [0.3, 0.4) is 0 Å². The molecule has 2 fully saturated rings. The molecule has 5 heteroatoms. The Labute approximate surface area is 130 Å².